The summed E-state index contributed by atoms with van der Waals surface area (Å²) in [6, 6.07) is 0. The highest BCUT2D eigenvalue weighted by atomic mass is 16.7. The summed E-state index contributed by atoms with van der Waals surface area (Å²) in [5.41, 5.74) is 0. The molecule has 5 unspecified atom stereocenters. The van der Waals surface area contributed by atoms with Gasteiger partial charge in [-0.1, -0.05) is 20.3 Å². The molecule has 1 saturated heterocycles. The Kier molecular flexibility index (Phi) is 5.69. The molecule has 1 rings (SSSR count). The Bertz CT molecular complexity index is 197. The van der Waals surface area contributed by atoms with E-state index in [1.807, 2.05) is 13.8 Å². The lowest BCUT2D eigenvalue weighted by Crippen LogP contribution is -2.51. The van der Waals surface area contributed by atoms with E-state index >= 15 is 0 Å². The lowest BCUT2D eigenvalue weighted by molar-refractivity contribution is -0.267. The van der Waals surface area contributed by atoms with Crippen LogP contribution < -0.4 is 0 Å². The van der Waals surface area contributed by atoms with Crippen LogP contribution in [0.15, 0.2) is 0 Å². The van der Waals surface area contributed by atoms with Gasteiger partial charge in [-0.15, -0.1) is 0 Å². The molecule has 2 N–H and O–H groups in total. The van der Waals surface area contributed by atoms with Crippen LogP contribution in [0.1, 0.15) is 33.6 Å². The molecule has 1 heterocycles. The molecule has 0 bridgehead atoms. The Hall–Kier alpha value is -0.160. The van der Waals surface area contributed by atoms with Crippen molar-refractivity contribution >= 4 is 0 Å². The molecule has 4 nitrogen and oxygen atoms in total. The average Bonchev–Trinajstić information content (AvgIpc) is 2.27. The Morgan fingerprint density at radius 2 is 2.00 bits per heavy atom. The van der Waals surface area contributed by atoms with Crippen molar-refractivity contribution in [1.29, 1.82) is 0 Å². The van der Waals surface area contributed by atoms with Gasteiger partial charge in [-0.25, -0.2) is 0 Å². The van der Waals surface area contributed by atoms with Gasteiger partial charge >= 0.3 is 0 Å². The molecule has 1 aliphatic rings. The van der Waals surface area contributed by atoms with Gasteiger partial charge in [0, 0.05) is 12.5 Å². The first-order chi connectivity index (χ1) is 7.61. The van der Waals surface area contributed by atoms with Crippen molar-refractivity contribution in [2.24, 2.45) is 11.8 Å². The maximum Gasteiger partial charge on any atom is 0.165 e. The molecule has 1 aliphatic heterocycles. The van der Waals surface area contributed by atoms with Crippen LogP contribution in [-0.2, 0) is 9.47 Å². The Morgan fingerprint density at radius 3 is 2.56 bits per heavy atom. The van der Waals surface area contributed by atoms with E-state index in [1.54, 1.807) is 0 Å². The molecule has 0 radical (unpaired) electrons. The fourth-order valence-electron chi connectivity index (χ4n) is 1.97. The van der Waals surface area contributed by atoms with Crippen LogP contribution in [0.3, 0.4) is 0 Å². The first-order valence-corrected chi connectivity index (χ1v) is 6.17. The maximum atomic E-state index is 10.0. The van der Waals surface area contributed by atoms with Crippen LogP contribution in [0.5, 0.6) is 0 Å². The molecule has 16 heavy (non-hydrogen) atoms. The summed E-state index contributed by atoms with van der Waals surface area (Å²) in [6.45, 7) is 6.46. The van der Waals surface area contributed by atoms with Crippen molar-refractivity contribution in [1.82, 2.24) is 0 Å². The third-order valence-electron chi connectivity index (χ3n) is 3.41. The van der Waals surface area contributed by atoms with Crippen LogP contribution in [-0.4, -0.2) is 41.9 Å². The van der Waals surface area contributed by atoms with E-state index < -0.39 is 12.4 Å². The average molecular weight is 232 g/mol. The second kappa shape index (κ2) is 6.55. The van der Waals surface area contributed by atoms with Gasteiger partial charge in [0.1, 0.15) is 0 Å². The van der Waals surface area contributed by atoms with Crippen molar-refractivity contribution in [3.8, 4) is 0 Å². The van der Waals surface area contributed by atoms with Crippen LogP contribution in [0.2, 0.25) is 0 Å². The van der Waals surface area contributed by atoms with E-state index in [2.05, 4.69) is 6.92 Å². The number of aliphatic hydroxyl groups is 2. The molecule has 1 fully saturated rings. The lowest BCUT2D eigenvalue weighted by atomic mass is 9.86. The van der Waals surface area contributed by atoms with Crippen LogP contribution in [0.4, 0.5) is 0 Å². The van der Waals surface area contributed by atoms with Crippen molar-refractivity contribution < 1.29 is 19.7 Å². The zero-order valence-electron chi connectivity index (χ0n) is 10.4. The van der Waals surface area contributed by atoms with E-state index in [9.17, 15) is 10.2 Å². The fourth-order valence-corrected chi connectivity index (χ4v) is 1.97. The van der Waals surface area contributed by atoms with E-state index in [1.165, 1.54) is 0 Å². The standard InChI is InChI=1S/C12H24O4/c1-4-5-6-15-12-10(7-13)11(14)8(2)9(3)16-12/h8-14H,4-7H2,1-3H3. The van der Waals surface area contributed by atoms with Gasteiger partial charge in [0.05, 0.1) is 24.7 Å². The topological polar surface area (TPSA) is 58.9 Å². The number of unbranched alkanes of at least 4 members (excludes halogenated alkanes) is 1. The van der Waals surface area contributed by atoms with Gasteiger partial charge < -0.3 is 19.7 Å². The second-order valence-electron chi connectivity index (χ2n) is 4.63. The van der Waals surface area contributed by atoms with Gasteiger partial charge in [0.2, 0.25) is 0 Å². The van der Waals surface area contributed by atoms with Gasteiger partial charge in [0.25, 0.3) is 0 Å². The number of hydrogen-bond acceptors (Lipinski definition) is 4. The molecule has 0 saturated carbocycles. The molecular weight excluding hydrogens is 208 g/mol. The summed E-state index contributed by atoms with van der Waals surface area (Å²) >= 11 is 0. The Morgan fingerprint density at radius 1 is 1.31 bits per heavy atom. The summed E-state index contributed by atoms with van der Waals surface area (Å²) in [4.78, 5) is 0. The monoisotopic (exact) mass is 232 g/mol. The smallest absolute Gasteiger partial charge is 0.165 e. The largest absolute Gasteiger partial charge is 0.396 e. The summed E-state index contributed by atoms with van der Waals surface area (Å²) in [5, 5.41) is 19.3. The number of rotatable bonds is 5. The Labute approximate surface area is 97.6 Å². The van der Waals surface area contributed by atoms with Gasteiger partial charge in [0.15, 0.2) is 6.29 Å². The zero-order valence-corrected chi connectivity index (χ0v) is 10.4. The van der Waals surface area contributed by atoms with E-state index in [0.29, 0.717) is 6.61 Å². The van der Waals surface area contributed by atoms with Crippen molar-refractivity contribution in [3.05, 3.63) is 0 Å². The zero-order chi connectivity index (χ0) is 12.1. The summed E-state index contributed by atoms with van der Waals surface area (Å²) in [7, 11) is 0. The van der Waals surface area contributed by atoms with E-state index in [4.69, 9.17) is 9.47 Å². The Balaban J connectivity index is 2.53. The number of ether oxygens (including phenoxy) is 2. The number of aliphatic hydroxyl groups excluding tert-OH is 2. The highest BCUT2D eigenvalue weighted by molar-refractivity contribution is 4.84. The van der Waals surface area contributed by atoms with Gasteiger partial charge in [-0.3, -0.25) is 0 Å². The molecule has 0 spiro atoms. The van der Waals surface area contributed by atoms with Gasteiger partial charge in [-0.05, 0) is 13.3 Å². The fraction of sp³-hybridized carbons (Fsp3) is 1.00. The van der Waals surface area contributed by atoms with Crippen molar-refractivity contribution in [2.45, 2.75) is 52.1 Å². The lowest BCUT2D eigenvalue weighted by Gasteiger charge is -2.41. The third-order valence-corrected chi connectivity index (χ3v) is 3.41. The van der Waals surface area contributed by atoms with E-state index in [0.717, 1.165) is 12.8 Å². The molecule has 0 aromatic heterocycles. The molecule has 0 aromatic carbocycles. The van der Waals surface area contributed by atoms with Crippen molar-refractivity contribution in [3.63, 3.8) is 0 Å². The summed E-state index contributed by atoms with van der Waals surface area (Å²) in [5.74, 6) is -0.300. The SMILES string of the molecule is CCCCOC1OC(C)C(C)C(O)C1CO. The second-order valence-corrected chi connectivity index (χ2v) is 4.63. The summed E-state index contributed by atoms with van der Waals surface area (Å²) < 4.78 is 11.3. The molecule has 0 aliphatic carbocycles. The number of hydrogen-bond donors (Lipinski definition) is 2. The third kappa shape index (κ3) is 3.17. The molecule has 0 amide bonds. The quantitative estimate of drug-likeness (QED) is 0.698. The minimum Gasteiger partial charge on any atom is -0.396 e. The van der Waals surface area contributed by atoms with Crippen LogP contribution >= 0.6 is 0 Å². The van der Waals surface area contributed by atoms with Gasteiger partial charge in [-0.2, -0.15) is 0 Å². The van der Waals surface area contributed by atoms with E-state index in [-0.39, 0.29) is 24.5 Å². The maximum absolute atomic E-state index is 10.0. The highest BCUT2D eigenvalue weighted by Crippen LogP contribution is 2.30. The van der Waals surface area contributed by atoms with Crippen molar-refractivity contribution in [2.75, 3.05) is 13.2 Å². The first kappa shape index (κ1) is 13.9. The predicted octanol–water partition coefficient (Wildman–Crippen LogP) is 1.15. The normalized spacial score (nSPS) is 39.9. The first-order valence-electron chi connectivity index (χ1n) is 6.17. The molecule has 0 aromatic rings. The molecule has 5 atom stereocenters. The predicted molar refractivity (Wildman–Crippen MR) is 60.9 cm³/mol. The minimum absolute atomic E-state index is 0.0307. The highest BCUT2D eigenvalue weighted by Gasteiger charge is 2.41. The van der Waals surface area contributed by atoms with Crippen LogP contribution in [0.25, 0.3) is 0 Å². The van der Waals surface area contributed by atoms with Crippen LogP contribution in [0, 0.1) is 11.8 Å². The minimum atomic E-state index is -0.555. The summed E-state index contributed by atoms with van der Waals surface area (Å²) in [6.07, 6.45) is 0.964. The molecular formula is C12H24O4. The molecule has 4 heteroatoms. The molecule has 96 valence electrons.